The van der Waals surface area contributed by atoms with Crippen LogP contribution in [0.1, 0.15) is 13.3 Å². The zero-order chi connectivity index (χ0) is 30.6. The molecule has 0 aliphatic carbocycles. The van der Waals surface area contributed by atoms with E-state index in [1.165, 1.54) is 42.7 Å². The number of carbonyl (C=O) groups excluding carboxylic acids is 1. The van der Waals surface area contributed by atoms with E-state index in [0.717, 1.165) is 5.19 Å². The number of carbonyl (C=O) groups is 1. The van der Waals surface area contributed by atoms with Crippen molar-refractivity contribution >= 4 is 51.6 Å². The molecule has 15 heteroatoms. The summed E-state index contributed by atoms with van der Waals surface area (Å²) in [5.41, 5.74) is 0.319. The van der Waals surface area contributed by atoms with Gasteiger partial charge in [0.15, 0.2) is 0 Å². The number of rotatable bonds is 19. The van der Waals surface area contributed by atoms with Crippen LogP contribution in [0.5, 0.6) is 0 Å². The first-order chi connectivity index (χ1) is 19.5. The van der Waals surface area contributed by atoms with Gasteiger partial charge in [-0.2, -0.15) is 0 Å². The maximum atomic E-state index is 11.9. The number of ether oxygens (including phenoxy) is 1. The number of esters is 1. The van der Waals surface area contributed by atoms with E-state index in [4.69, 9.17) is 43.6 Å². The van der Waals surface area contributed by atoms with Crippen LogP contribution in [0.3, 0.4) is 0 Å². The van der Waals surface area contributed by atoms with Crippen LogP contribution in [0.15, 0.2) is 72.8 Å². The summed E-state index contributed by atoms with van der Waals surface area (Å²) in [4.78, 5) is 11.9. The van der Waals surface area contributed by atoms with Crippen LogP contribution in [0.4, 0.5) is 0 Å². The molecule has 2 aromatic carbocycles. The Kier molecular flexibility index (Phi) is 13.9. The summed E-state index contributed by atoms with van der Waals surface area (Å²) in [5.74, 6) is -0.467. The lowest BCUT2D eigenvalue weighted by atomic mass is 10.4. The molecule has 0 saturated carbocycles. The summed E-state index contributed by atoms with van der Waals surface area (Å²) in [6.45, 7) is 7.19. The molecule has 0 aromatic heterocycles. The summed E-state index contributed by atoms with van der Waals surface area (Å²) < 4.78 is 60.7. The highest BCUT2D eigenvalue weighted by atomic mass is 28.5. The fourth-order valence-electron chi connectivity index (χ4n) is 3.93. The predicted molar refractivity (Wildman–Crippen MR) is 162 cm³/mol. The molecule has 0 saturated heterocycles. The van der Waals surface area contributed by atoms with E-state index in [2.05, 4.69) is 6.58 Å². The van der Waals surface area contributed by atoms with Crippen LogP contribution in [0.2, 0.25) is 12.6 Å². The van der Waals surface area contributed by atoms with E-state index in [1.807, 2.05) is 67.2 Å². The molecule has 228 valence electrons. The van der Waals surface area contributed by atoms with E-state index in [-0.39, 0.29) is 6.61 Å². The molecule has 2 aromatic rings. The molecular weight excluding hydrogens is 601 g/mol. The van der Waals surface area contributed by atoms with Crippen molar-refractivity contribution in [3.63, 3.8) is 0 Å². The molecule has 0 N–H and O–H groups in total. The second-order valence-electron chi connectivity index (χ2n) is 8.97. The highest BCUT2D eigenvalue weighted by Crippen LogP contribution is 2.28. The molecule has 11 nitrogen and oxygen atoms in total. The van der Waals surface area contributed by atoms with Gasteiger partial charge in [-0.1, -0.05) is 67.2 Å². The largest absolute Gasteiger partial charge is 0.670 e. The third-order valence-corrected chi connectivity index (χ3v) is 20.4. The van der Waals surface area contributed by atoms with Crippen LogP contribution < -0.4 is 10.4 Å². The molecule has 2 rings (SSSR count). The van der Waals surface area contributed by atoms with Crippen molar-refractivity contribution in [1.29, 1.82) is 0 Å². The standard InChI is InChI=1S/C26H42O11Si4/c1-23(2)26(27)34-21-16-22-39(28-3,29-4)37-40(30-5,25-19-14-11-15-20-25)35-38(9,24-17-12-10-13-18-24)36-41(31-6,32-7)33-8/h10-15,17-20H,1,16,21-22H2,2-9H3. The summed E-state index contributed by atoms with van der Waals surface area (Å²) in [6.07, 6.45) is 0.410. The summed E-state index contributed by atoms with van der Waals surface area (Å²) in [5, 5.41) is 1.44. The lowest BCUT2D eigenvalue weighted by Gasteiger charge is -2.42. The highest BCUT2D eigenvalue weighted by molar-refractivity contribution is 6.95. The number of benzene rings is 2. The van der Waals surface area contributed by atoms with Crippen molar-refractivity contribution < 1.29 is 48.4 Å². The Bertz CT molecular complexity index is 1080. The Morgan fingerprint density at radius 3 is 1.66 bits per heavy atom. The highest BCUT2D eigenvalue weighted by Gasteiger charge is 2.61. The fourth-order valence-corrected chi connectivity index (χ4v) is 18.5. The van der Waals surface area contributed by atoms with Gasteiger partial charge in [0.25, 0.3) is 0 Å². The molecule has 0 spiro atoms. The molecule has 0 aliphatic heterocycles. The molecule has 2 unspecified atom stereocenters. The van der Waals surface area contributed by atoms with Crippen LogP contribution in [-0.4, -0.2) is 90.5 Å². The monoisotopic (exact) mass is 642 g/mol. The number of hydrogen-bond acceptors (Lipinski definition) is 11. The first-order valence-corrected chi connectivity index (χ1v) is 20.5. The molecule has 0 radical (unpaired) electrons. The quantitative estimate of drug-likeness (QED) is 0.0977. The molecule has 0 fully saturated rings. The first-order valence-electron chi connectivity index (χ1n) is 12.9. The van der Waals surface area contributed by atoms with E-state index >= 15 is 0 Å². The minimum atomic E-state index is -3.90. The van der Waals surface area contributed by atoms with Gasteiger partial charge in [-0.3, -0.25) is 0 Å². The normalized spacial score (nSPS) is 15.1. The Balaban J connectivity index is 2.60. The van der Waals surface area contributed by atoms with Crippen molar-refractivity contribution in [3.05, 3.63) is 72.8 Å². The maximum Gasteiger partial charge on any atom is 0.670 e. The lowest BCUT2D eigenvalue weighted by Crippen LogP contribution is -2.72. The molecule has 0 amide bonds. The van der Waals surface area contributed by atoms with Crippen molar-refractivity contribution in [2.75, 3.05) is 49.3 Å². The Hall–Kier alpha value is -1.84. The number of hydrogen-bond donors (Lipinski definition) is 0. The fraction of sp³-hybridized carbons (Fsp3) is 0.423. The second-order valence-corrected chi connectivity index (χ2v) is 20.9. The van der Waals surface area contributed by atoms with Crippen LogP contribution in [0.25, 0.3) is 0 Å². The SMILES string of the molecule is C=C(C)C(=O)OCCC[Si](OC)(OC)O[Si](OC)(O[Si](C)(O[Si](OC)(OC)OC)c1ccccc1)c1ccccc1. The van der Waals surface area contributed by atoms with Crippen molar-refractivity contribution in [1.82, 2.24) is 0 Å². The summed E-state index contributed by atoms with van der Waals surface area (Å²) in [6, 6.07) is 19.1. The van der Waals surface area contributed by atoms with Gasteiger partial charge in [-0.25, -0.2) is 4.79 Å². The van der Waals surface area contributed by atoms with Crippen LogP contribution >= 0.6 is 0 Å². The first kappa shape index (κ1) is 35.4. The third kappa shape index (κ3) is 9.07. The van der Waals surface area contributed by atoms with E-state index in [9.17, 15) is 4.79 Å². The van der Waals surface area contributed by atoms with Gasteiger partial charge in [0, 0.05) is 59.5 Å². The zero-order valence-electron chi connectivity index (χ0n) is 25.1. The van der Waals surface area contributed by atoms with Crippen molar-refractivity contribution in [3.8, 4) is 0 Å². The minimum absolute atomic E-state index is 0.132. The molecule has 2 atom stereocenters. The summed E-state index contributed by atoms with van der Waals surface area (Å²) in [7, 11) is -5.61. The predicted octanol–water partition coefficient (Wildman–Crippen LogP) is 2.62. The van der Waals surface area contributed by atoms with Gasteiger partial charge in [0.1, 0.15) is 0 Å². The van der Waals surface area contributed by atoms with Crippen molar-refractivity contribution in [2.24, 2.45) is 0 Å². The van der Waals surface area contributed by atoms with Crippen LogP contribution in [0, 0.1) is 0 Å². The molecule has 0 bridgehead atoms. The van der Waals surface area contributed by atoms with E-state index in [1.54, 1.807) is 6.92 Å². The van der Waals surface area contributed by atoms with Gasteiger partial charge < -0.3 is 43.6 Å². The maximum absolute atomic E-state index is 11.9. The van der Waals surface area contributed by atoms with E-state index < -0.39 is 41.2 Å². The average Bonchev–Trinajstić information content (AvgIpc) is 3.01. The van der Waals surface area contributed by atoms with Gasteiger partial charge in [0.2, 0.25) is 0 Å². The molecule has 0 aliphatic rings. The lowest BCUT2D eigenvalue weighted by molar-refractivity contribution is -0.139. The van der Waals surface area contributed by atoms with Gasteiger partial charge in [-0.15, -0.1) is 0 Å². The van der Waals surface area contributed by atoms with Crippen LogP contribution in [-0.2, 0) is 48.4 Å². The zero-order valence-corrected chi connectivity index (χ0v) is 29.1. The van der Waals surface area contributed by atoms with Gasteiger partial charge in [0.05, 0.1) is 6.61 Å². The minimum Gasteiger partial charge on any atom is -0.462 e. The molecule has 0 heterocycles. The van der Waals surface area contributed by atoms with Gasteiger partial charge >= 0.3 is 41.2 Å². The Morgan fingerprint density at radius 2 is 1.22 bits per heavy atom. The topological polar surface area (TPSA) is 109 Å². The second kappa shape index (κ2) is 16.1. The van der Waals surface area contributed by atoms with E-state index in [0.29, 0.717) is 23.2 Å². The Labute approximate surface area is 247 Å². The van der Waals surface area contributed by atoms with Crippen molar-refractivity contribution in [2.45, 2.75) is 25.9 Å². The summed E-state index contributed by atoms with van der Waals surface area (Å²) >= 11 is 0. The molecule has 41 heavy (non-hydrogen) atoms. The Morgan fingerprint density at radius 1 is 0.707 bits per heavy atom. The van der Waals surface area contributed by atoms with Gasteiger partial charge in [-0.05, 0) is 25.1 Å². The average molecular weight is 643 g/mol. The smallest absolute Gasteiger partial charge is 0.462 e. The molecular formula is C26H42O11Si4. The third-order valence-electron chi connectivity index (χ3n) is 6.21.